The topological polar surface area (TPSA) is 350 Å². The minimum absolute atomic E-state index is 0. The number of ether oxygens (including phenoxy) is 1. The molecule has 0 radical (unpaired) electrons. The molecule has 30 heteroatoms. The molecule has 8 saturated heterocycles. The number of hydrogen-bond donors (Lipinski definition) is 12. The van der Waals surface area contributed by atoms with Gasteiger partial charge < -0.3 is 113 Å². The molecule has 16 amide bonds. The van der Waals surface area contributed by atoms with E-state index in [4.69, 9.17) is 15.6 Å². The number of aliphatic hydroxyl groups is 2. The van der Waals surface area contributed by atoms with E-state index in [9.17, 15) is 43.5 Å². The van der Waals surface area contributed by atoms with Crippen molar-refractivity contribution in [2.45, 2.75) is 295 Å². The molecule has 8 heterocycles. The molecule has 8 aliphatic rings. The molecule has 0 bridgehead atoms. The Kier molecular flexibility index (Phi) is 71.1. The number of β-amino-alcohol motifs (C(OH)–C–C–N with tert-alkyl or cyclic N) is 1. The van der Waals surface area contributed by atoms with Crippen molar-refractivity contribution in [3.63, 3.8) is 0 Å². The molecular weight excluding hydrogens is 1340 g/mol. The standard InChI is InChI=1S/C9H19N3O.C9H18N2O2.C9H18N2O.2C8H17N3O.2C8H16N2O2.C8H16N2O.8CH4/c1-8(2)10-9(13)12-6-4-11(3)5-7-12;1-7(2)10-9(13)11-5-3-8(12)4-6-11;1-8(2)10-9(12)11-6-4-3-5-7-11;1-7(2)10-8(12)11-5-3-9-4-6-11;1-6(2)10-8(12)11-4-3-7(9)5-11;1-7(2)9-8(11)10-3-5-12-6-4-10;1-6(2)9-8(12)10-4-3-7(11)5-10;1-7(2)9-8(11)10-5-3-4-6-10;;;;;;;;/h8H,4-7H2,1-3H3,(H,10,13);7-8,12H,3-6H2,1-2H3,(H,10,13);8H,3-7H2,1-2H3,(H,10,12);7,9H,3-6H2,1-2H3,(H,10,12);6-7H,3-5,9H2,1-2H3,(H,10,12);7H,3-6H2,1-2H3,(H,9,11);6-7,11H,3-5H2,1-2H3,(H,9,12);7H,3-6H2,1-2H3,(H,9,11);8*1H4. The van der Waals surface area contributed by atoms with E-state index in [1.165, 1.54) is 6.42 Å². The summed E-state index contributed by atoms with van der Waals surface area (Å²) in [6.45, 7) is 48.9. The fourth-order valence-corrected chi connectivity index (χ4v) is 10.3. The second-order valence-electron chi connectivity index (χ2n) is 28.3. The van der Waals surface area contributed by atoms with Gasteiger partial charge in [0.2, 0.25) is 0 Å². The SMILES string of the molecule is C.C.C.C.C.C.C.C.CC(C)NC(=O)N1CCC(N)C1.CC(C)NC(=O)N1CCC(O)C1.CC(C)NC(=O)N1CCC(O)CC1.CC(C)NC(=O)N1CCCC1.CC(C)NC(=O)N1CCCCC1.CC(C)NC(=O)N1CCN(C)CC1.CC(C)NC(=O)N1CCNCC1.CC(C)NC(=O)N1CCOCC1. The highest BCUT2D eigenvalue weighted by Crippen LogP contribution is 2.13. The van der Waals surface area contributed by atoms with Crippen LogP contribution >= 0.6 is 0 Å². The molecule has 0 aliphatic carbocycles. The van der Waals surface area contributed by atoms with Crippen molar-refractivity contribution >= 4 is 48.2 Å². The molecule has 0 saturated carbocycles. The van der Waals surface area contributed by atoms with E-state index in [-0.39, 0.29) is 174 Å². The van der Waals surface area contributed by atoms with Gasteiger partial charge in [-0.15, -0.1) is 0 Å². The van der Waals surface area contributed by atoms with E-state index in [1.54, 1.807) is 19.6 Å². The molecule has 0 aromatic carbocycles. The summed E-state index contributed by atoms with van der Waals surface area (Å²) in [4.78, 5) is 108. The van der Waals surface area contributed by atoms with Gasteiger partial charge in [0, 0.05) is 185 Å². The molecule has 13 N–H and O–H groups in total. The number of urea groups is 8. The number of piperidine rings is 2. The third-order valence-corrected chi connectivity index (χ3v) is 15.5. The van der Waals surface area contributed by atoms with Crippen LogP contribution in [0.3, 0.4) is 0 Å². The number of amides is 16. The first-order chi connectivity index (χ1) is 45.7. The lowest BCUT2D eigenvalue weighted by Crippen LogP contribution is -2.51. The summed E-state index contributed by atoms with van der Waals surface area (Å²) in [6, 6.07) is 2.17. The van der Waals surface area contributed by atoms with Gasteiger partial charge in [-0.3, -0.25) is 0 Å². The summed E-state index contributed by atoms with van der Waals surface area (Å²) in [6.07, 6.45) is 8.37. The normalized spacial score (nSPS) is 18.1. The lowest BCUT2D eigenvalue weighted by atomic mass is 10.1. The maximum atomic E-state index is 11.5. The van der Waals surface area contributed by atoms with Gasteiger partial charge in [0.15, 0.2) is 0 Å². The fourth-order valence-electron chi connectivity index (χ4n) is 10.3. The Labute approximate surface area is 642 Å². The molecule has 2 unspecified atom stereocenters. The summed E-state index contributed by atoms with van der Waals surface area (Å²) in [5.74, 6) is 0. The molecule has 0 aromatic rings. The number of piperazine rings is 2. The molecule has 30 nitrogen and oxygen atoms in total. The number of likely N-dealkylation sites (N-methyl/N-ethyl adjacent to an activating group) is 1. The number of nitrogens with two attached hydrogens (primary N) is 1. The maximum Gasteiger partial charge on any atom is 0.317 e. The number of likely N-dealkylation sites (tertiary alicyclic amines) is 5. The van der Waals surface area contributed by atoms with E-state index >= 15 is 0 Å². The zero-order chi connectivity index (χ0) is 73.2. The Morgan fingerprint density at radius 3 is 0.838 bits per heavy atom. The van der Waals surface area contributed by atoms with E-state index in [2.05, 4.69) is 59.8 Å². The Bertz CT molecular complexity index is 1960. The van der Waals surface area contributed by atoms with Crippen LogP contribution in [0, 0.1) is 0 Å². The predicted octanol–water partition coefficient (Wildman–Crippen LogP) is 9.55. The van der Waals surface area contributed by atoms with Crippen LogP contribution < -0.4 is 53.6 Å². The molecule has 8 fully saturated rings. The van der Waals surface area contributed by atoms with Crippen molar-refractivity contribution < 1.29 is 53.3 Å². The second kappa shape index (κ2) is 65.0. The first-order valence-corrected chi connectivity index (χ1v) is 36.2. The van der Waals surface area contributed by atoms with Crippen molar-refractivity contribution in [3.05, 3.63) is 0 Å². The minimum Gasteiger partial charge on any atom is -0.393 e. The average Bonchev–Trinajstić information content (AvgIpc) is 1.70. The molecule has 8 rings (SSSR count). The Morgan fingerprint density at radius 2 is 0.552 bits per heavy atom. The summed E-state index contributed by atoms with van der Waals surface area (Å²) in [5.41, 5.74) is 5.67. The smallest absolute Gasteiger partial charge is 0.317 e. The number of aliphatic hydroxyl groups excluding tert-OH is 2. The summed E-state index contributed by atoms with van der Waals surface area (Å²) >= 11 is 0. The summed E-state index contributed by atoms with van der Waals surface area (Å²) < 4.78 is 5.13. The molecular formula is C75H169N19O11. The maximum absolute atomic E-state index is 11.5. The highest BCUT2D eigenvalue weighted by Gasteiger charge is 2.27. The van der Waals surface area contributed by atoms with E-state index in [0.717, 1.165) is 117 Å². The highest BCUT2D eigenvalue weighted by molar-refractivity contribution is 5.77. The molecule has 105 heavy (non-hydrogen) atoms. The highest BCUT2D eigenvalue weighted by atomic mass is 16.5. The number of morpholine rings is 1. The summed E-state index contributed by atoms with van der Waals surface area (Å²) in [7, 11) is 2.08. The monoisotopic (exact) mass is 1510 g/mol. The largest absolute Gasteiger partial charge is 0.393 e. The van der Waals surface area contributed by atoms with Crippen LogP contribution in [0.4, 0.5) is 38.4 Å². The van der Waals surface area contributed by atoms with E-state index in [1.807, 2.05) is 130 Å². The van der Waals surface area contributed by atoms with E-state index < -0.39 is 0 Å². The van der Waals surface area contributed by atoms with Crippen molar-refractivity contribution in [2.75, 3.05) is 151 Å². The van der Waals surface area contributed by atoms with Gasteiger partial charge in [-0.2, -0.15) is 0 Å². The number of rotatable bonds is 8. The van der Waals surface area contributed by atoms with Gasteiger partial charge in [-0.25, -0.2) is 38.4 Å². The third kappa shape index (κ3) is 55.9. The molecule has 0 spiro atoms. The van der Waals surface area contributed by atoms with Gasteiger partial charge in [-0.05, 0) is 176 Å². The lowest BCUT2D eigenvalue weighted by molar-refractivity contribution is 0.0527. The molecule has 8 aliphatic heterocycles. The van der Waals surface area contributed by atoms with Crippen molar-refractivity contribution in [2.24, 2.45) is 5.73 Å². The number of carbonyl (C=O) groups excluding carboxylic acids is 8. The number of nitrogens with zero attached hydrogens (tertiary/aromatic N) is 9. The zero-order valence-corrected chi connectivity index (χ0v) is 62.9. The third-order valence-electron chi connectivity index (χ3n) is 15.5. The number of carbonyl (C=O) groups is 8. The molecule has 2 atom stereocenters. The summed E-state index contributed by atoms with van der Waals surface area (Å²) in [5, 5.41) is 44.4. The average molecular weight is 1510 g/mol. The fraction of sp³-hybridized carbons (Fsp3) is 0.893. The van der Waals surface area contributed by atoms with Crippen LogP contribution in [-0.2, 0) is 4.74 Å². The Morgan fingerprint density at radius 1 is 0.314 bits per heavy atom. The van der Waals surface area contributed by atoms with Crippen LogP contribution in [0.15, 0.2) is 0 Å². The van der Waals surface area contributed by atoms with Gasteiger partial charge in [-0.1, -0.05) is 59.4 Å². The molecule has 630 valence electrons. The first-order valence-electron chi connectivity index (χ1n) is 36.2. The van der Waals surface area contributed by atoms with Crippen LogP contribution in [0.25, 0.3) is 0 Å². The van der Waals surface area contributed by atoms with Crippen LogP contribution in [0.2, 0.25) is 0 Å². The van der Waals surface area contributed by atoms with Gasteiger partial charge >= 0.3 is 48.2 Å². The number of nitrogens with one attached hydrogen (secondary N) is 9. The van der Waals surface area contributed by atoms with Crippen LogP contribution in [0.1, 0.15) is 228 Å². The Balaban J connectivity index is -0.000000169. The van der Waals surface area contributed by atoms with Crippen LogP contribution in [-0.4, -0.2) is 320 Å². The second-order valence-corrected chi connectivity index (χ2v) is 28.3. The lowest BCUT2D eigenvalue weighted by Gasteiger charge is -2.32. The van der Waals surface area contributed by atoms with Gasteiger partial charge in [0.25, 0.3) is 0 Å². The predicted molar refractivity (Wildman–Crippen MR) is 439 cm³/mol. The number of hydrogen-bond acceptors (Lipinski definition) is 14. The van der Waals surface area contributed by atoms with Crippen molar-refractivity contribution in [3.8, 4) is 0 Å². The van der Waals surface area contributed by atoms with Crippen molar-refractivity contribution in [1.29, 1.82) is 0 Å². The van der Waals surface area contributed by atoms with Gasteiger partial charge in [0.1, 0.15) is 0 Å². The van der Waals surface area contributed by atoms with E-state index in [0.29, 0.717) is 78.3 Å². The van der Waals surface area contributed by atoms with Crippen molar-refractivity contribution in [1.82, 2.24) is 92.0 Å². The minimum atomic E-state index is -0.331. The van der Waals surface area contributed by atoms with Gasteiger partial charge in [0.05, 0.1) is 25.4 Å². The quantitative estimate of drug-likeness (QED) is 0.108. The molecule has 0 aromatic heterocycles. The Hall–Kier alpha value is -6.08. The van der Waals surface area contributed by atoms with Crippen LogP contribution in [0.5, 0.6) is 0 Å². The zero-order valence-electron chi connectivity index (χ0n) is 62.9. The first kappa shape index (κ1) is 115.